The number of hydrogen-bond donors (Lipinski definition) is 1. The van der Waals surface area contributed by atoms with Crippen molar-refractivity contribution in [2.45, 2.75) is 32.9 Å². The molecule has 1 aliphatic heterocycles. The first kappa shape index (κ1) is 11.7. The molecule has 16 heavy (non-hydrogen) atoms. The Labute approximate surface area is 95.9 Å². The highest BCUT2D eigenvalue weighted by Crippen LogP contribution is 2.26. The molecule has 5 heteroatoms. The maximum atomic E-state index is 11.7. The predicted molar refractivity (Wildman–Crippen MR) is 62.2 cm³/mol. The van der Waals surface area contributed by atoms with Crippen LogP contribution in [0.5, 0.6) is 0 Å². The summed E-state index contributed by atoms with van der Waals surface area (Å²) in [7, 11) is -2.94. The van der Waals surface area contributed by atoms with Crippen LogP contribution >= 0.6 is 0 Å². The fourth-order valence-electron chi connectivity index (χ4n) is 2.32. The van der Waals surface area contributed by atoms with E-state index in [9.17, 15) is 8.42 Å². The summed E-state index contributed by atoms with van der Waals surface area (Å²) in [5.74, 6) is 2.01. The minimum Gasteiger partial charge on any atom is -0.466 e. The van der Waals surface area contributed by atoms with Gasteiger partial charge >= 0.3 is 0 Å². The highest BCUT2D eigenvalue weighted by Gasteiger charge is 2.31. The van der Waals surface area contributed by atoms with Gasteiger partial charge < -0.3 is 9.73 Å². The molecule has 0 amide bonds. The first-order valence-corrected chi connectivity index (χ1v) is 7.23. The number of rotatable bonds is 1. The summed E-state index contributed by atoms with van der Waals surface area (Å²) < 4.78 is 28.8. The molecular formula is C11H17NO3S. The van der Waals surface area contributed by atoms with E-state index in [1.807, 2.05) is 26.8 Å². The van der Waals surface area contributed by atoms with Crippen LogP contribution in [0.2, 0.25) is 0 Å². The minimum atomic E-state index is -2.94. The van der Waals surface area contributed by atoms with Gasteiger partial charge in [0.05, 0.1) is 11.5 Å². The summed E-state index contributed by atoms with van der Waals surface area (Å²) in [6.07, 6.45) is 0. The number of hydrogen-bond acceptors (Lipinski definition) is 4. The topological polar surface area (TPSA) is 59.3 Å². The Morgan fingerprint density at radius 3 is 2.56 bits per heavy atom. The Morgan fingerprint density at radius 1 is 1.38 bits per heavy atom. The fourth-order valence-corrected chi connectivity index (χ4v) is 4.10. The van der Waals surface area contributed by atoms with Crippen molar-refractivity contribution in [3.63, 3.8) is 0 Å². The van der Waals surface area contributed by atoms with Gasteiger partial charge in [-0.05, 0) is 26.8 Å². The minimum absolute atomic E-state index is 0.00152. The molecule has 1 fully saturated rings. The molecule has 1 aliphatic rings. The van der Waals surface area contributed by atoms with E-state index in [0.29, 0.717) is 0 Å². The quantitative estimate of drug-likeness (QED) is 0.808. The summed E-state index contributed by atoms with van der Waals surface area (Å²) in [6, 6.07) is 1.78. The third-order valence-electron chi connectivity index (χ3n) is 2.87. The summed E-state index contributed by atoms with van der Waals surface area (Å²) in [6.45, 7) is 5.64. The Kier molecular flexibility index (Phi) is 2.84. The van der Waals surface area contributed by atoms with Crippen molar-refractivity contribution >= 4 is 9.84 Å². The molecule has 0 spiro atoms. The van der Waals surface area contributed by atoms with Gasteiger partial charge in [0, 0.05) is 17.6 Å². The van der Waals surface area contributed by atoms with Crippen molar-refractivity contribution in [3.8, 4) is 0 Å². The molecule has 1 aromatic heterocycles. The average molecular weight is 243 g/mol. The van der Waals surface area contributed by atoms with Crippen LogP contribution in [0, 0.1) is 13.8 Å². The highest BCUT2D eigenvalue weighted by atomic mass is 32.2. The second-order valence-corrected chi connectivity index (χ2v) is 6.72. The molecule has 4 nitrogen and oxygen atoms in total. The molecule has 2 rings (SSSR count). The zero-order chi connectivity index (χ0) is 11.9. The molecule has 2 atom stereocenters. The van der Waals surface area contributed by atoms with Gasteiger partial charge in [-0.2, -0.15) is 0 Å². The second kappa shape index (κ2) is 3.89. The van der Waals surface area contributed by atoms with Gasteiger partial charge in [0.15, 0.2) is 9.84 Å². The fraction of sp³-hybridized carbons (Fsp3) is 0.636. The zero-order valence-electron chi connectivity index (χ0n) is 9.78. The van der Waals surface area contributed by atoms with Crippen LogP contribution in [0.15, 0.2) is 10.5 Å². The maximum Gasteiger partial charge on any atom is 0.153 e. The summed E-state index contributed by atoms with van der Waals surface area (Å²) in [4.78, 5) is 0. The lowest BCUT2D eigenvalue weighted by atomic mass is 10.1. The van der Waals surface area contributed by atoms with Gasteiger partial charge in [-0.1, -0.05) is 0 Å². The summed E-state index contributed by atoms with van der Waals surface area (Å²) in [5, 5.41) is 3.30. The second-order valence-electron chi connectivity index (χ2n) is 4.57. The third kappa shape index (κ3) is 2.30. The molecule has 0 aromatic carbocycles. The Hall–Kier alpha value is -0.810. The van der Waals surface area contributed by atoms with Crippen LogP contribution in [0.3, 0.4) is 0 Å². The van der Waals surface area contributed by atoms with Gasteiger partial charge in [0.25, 0.3) is 0 Å². The molecule has 90 valence electrons. The SMILES string of the molecule is Cc1cc(C2CS(=O)(=O)CC(C)N2)c(C)o1. The van der Waals surface area contributed by atoms with E-state index in [-0.39, 0.29) is 23.6 Å². The standard InChI is InChI=1S/C11H17NO3S/c1-7-5-16(13,14)6-11(12-7)10-4-8(2)15-9(10)3/h4,7,11-12H,5-6H2,1-3H3. The Balaban J connectivity index is 2.31. The highest BCUT2D eigenvalue weighted by molar-refractivity contribution is 7.91. The maximum absolute atomic E-state index is 11.7. The molecule has 0 radical (unpaired) electrons. The van der Waals surface area contributed by atoms with Gasteiger partial charge in [-0.15, -0.1) is 0 Å². The molecular weight excluding hydrogens is 226 g/mol. The number of nitrogens with one attached hydrogen (secondary N) is 1. The van der Waals surface area contributed by atoms with E-state index < -0.39 is 9.84 Å². The van der Waals surface area contributed by atoms with E-state index in [4.69, 9.17) is 4.42 Å². The van der Waals surface area contributed by atoms with E-state index in [0.717, 1.165) is 17.1 Å². The Bertz CT molecular complexity index is 489. The van der Waals surface area contributed by atoms with Crippen LogP contribution < -0.4 is 5.32 Å². The first-order valence-electron chi connectivity index (χ1n) is 5.41. The lowest BCUT2D eigenvalue weighted by Gasteiger charge is -2.28. The van der Waals surface area contributed by atoms with Crippen LogP contribution in [0.4, 0.5) is 0 Å². The summed E-state index contributed by atoms with van der Waals surface area (Å²) >= 11 is 0. The molecule has 1 saturated heterocycles. The van der Waals surface area contributed by atoms with E-state index in [2.05, 4.69) is 5.32 Å². The molecule has 1 aromatic rings. The normalized spacial score (nSPS) is 29.2. The smallest absolute Gasteiger partial charge is 0.153 e. The lowest BCUT2D eigenvalue weighted by Crippen LogP contribution is -2.45. The van der Waals surface area contributed by atoms with Gasteiger partial charge in [-0.3, -0.25) is 0 Å². The molecule has 1 N–H and O–H groups in total. The van der Waals surface area contributed by atoms with Gasteiger partial charge in [0.2, 0.25) is 0 Å². The summed E-state index contributed by atoms with van der Waals surface area (Å²) in [5.41, 5.74) is 0.965. The monoisotopic (exact) mass is 243 g/mol. The van der Waals surface area contributed by atoms with Crippen LogP contribution in [-0.2, 0) is 9.84 Å². The van der Waals surface area contributed by atoms with Crippen molar-refractivity contribution in [1.29, 1.82) is 0 Å². The average Bonchev–Trinajstić information content (AvgIpc) is 2.41. The van der Waals surface area contributed by atoms with Crippen molar-refractivity contribution in [2.24, 2.45) is 0 Å². The van der Waals surface area contributed by atoms with Crippen LogP contribution in [-0.4, -0.2) is 26.0 Å². The largest absolute Gasteiger partial charge is 0.466 e. The molecule has 2 unspecified atom stereocenters. The van der Waals surface area contributed by atoms with Crippen molar-refractivity contribution in [2.75, 3.05) is 11.5 Å². The lowest BCUT2D eigenvalue weighted by molar-refractivity contribution is 0.454. The van der Waals surface area contributed by atoms with E-state index in [1.54, 1.807) is 0 Å². The molecule has 2 heterocycles. The van der Waals surface area contributed by atoms with Crippen molar-refractivity contribution in [3.05, 3.63) is 23.2 Å². The van der Waals surface area contributed by atoms with Crippen LogP contribution in [0.25, 0.3) is 0 Å². The van der Waals surface area contributed by atoms with Crippen molar-refractivity contribution in [1.82, 2.24) is 5.32 Å². The van der Waals surface area contributed by atoms with E-state index >= 15 is 0 Å². The number of furan rings is 1. The molecule has 0 saturated carbocycles. The zero-order valence-corrected chi connectivity index (χ0v) is 10.6. The first-order chi connectivity index (χ1) is 7.37. The Morgan fingerprint density at radius 2 is 2.06 bits per heavy atom. The van der Waals surface area contributed by atoms with E-state index in [1.165, 1.54) is 0 Å². The molecule has 0 bridgehead atoms. The van der Waals surface area contributed by atoms with Crippen molar-refractivity contribution < 1.29 is 12.8 Å². The van der Waals surface area contributed by atoms with Crippen LogP contribution in [0.1, 0.15) is 30.0 Å². The predicted octanol–water partition coefficient (Wildman–Crippen LogP) is 1.34. The molecule has 0 aliphatic carbocycles. The van der Waals surface area contributed by atoms with Gasteiger partial charge in [0.1, 0.15) is 11.5 Å². The third-order valence-corrected chi connectivity index (χ3v) is 4.71. The number of sulfone groups is 1. The van der Waals surface area contributed by atoms with Gasteiger partial charge in [-0.25, -0.2) is 8.42 Å². The number of aryl methyl sites for hydroxylation is 2.